The maximum atomic E-state index is 12.2. The predicted octanol–water partition coefficient (Wildman–Crippen LogP) is 2.98. The van der Waals surface area contributed by atoms with Crippen LogP contribution in [0.1, 0.15) is 16.7 Å². The summed E-state index contributed by atoms with van der Waals surface area (Å²) in [6.07, 6.45) is 0.491. The lowest BCUT2D eigenvalue weighted by atomic mass is 9.99. The van der Waals surface area contributed by atoms with Crippen LogP contribution in [0, 0.1) is 6.92 Å². The number of phenolic OH excluding ortho intramolecular Hbond substituents is 1. The Bertz CT molecular complexity index is 864. The van der Waals surface area contributed by atoms with Gasteiger partial charge in [0.2, 0.25) is 0 Å². The Labute approximate surface area is 121 Å². The molecule has 0 aliphatic carbocycles. The summed E-state index contributed by atoms with van der Waals surface area (Å²) in [7, 11) is 0. The molecular formula is C17H15NO3. The standard InChI is InChI=1S/C17H15NO3/c1-10-14-7-6-13(19)9-16(14)21-17(20)15(10)8-11-2-4-12(18)5-3-11/h2-7,9,19H,8,18H2,1H3. The molecule has 0 spiro atoms. The molecule has 4 heteroatoms. The fourth-order valence-corrected chi connectivity index (χ4v) is 2.43. The van der Waals surface area contributed by atoms with Crippen molar-refractivity contribution in [2.24, 2.45) is 0 Å². The van der Waals surface area contributed by atoms with Crippen LogP contribution in [0.4, 0.5) is 5.69 Å². The highest BCUT2D eigenvalue weighted by Gasteiger charge is 2.12. The highest BCUT2D eigenvalue weighted by molar-refractivity contribution is 5.82. The van der Waals surface area contributed by atoms with E-state index >= 15 is 0 Å². The van der Waals surface area contributed by atoms with E-state index in [1.807, 2.05) is 31.2 Å². The zero-order valence-electron chi connectivity index (χ0n) is 11.6. The monoisotopic (exact) mass is 281 g/mol. The third kappa shape index (κ3) is 2.48. The van der Waals surface area contributed by atoms with Crippen molar-refractivity contribution < 1.29 is 9.52 Å². The van der Waals surface area contributed by atoms with Crippen LogP contribution in [0.3, 0.4) is 0 Å². The molecule has 3 aromatic rings. The molecule has 0 atom stereocenters. The number of benzene rings is 2. The lowest BCUT2D eigenvalue weighted by molar-refractivity contribution is 0.472. The normalized spacial score (nSPS) is 10.9. The molecule has 1 heterocycles. The van der Waals surface area contributed by atoms with Crippen molar-refractivity contribution in [3.63, 3.8) is 0 Å². The summed E-state index contributed by atoms with van der Waals surface area (Å²) < 4.78 is 5.31. The fourth-order valence-electron chi connectivity index (χ4n) is 2.43. The van der Waals surface area contributed by atoms with Gasteiger partial charge in [-0.2, -0.15) is 0 Å². The lowest BCUT2D eigenvalue weighted by Crippen LogP contribution is -2.10. The highest BCUT2D eigenvalue weighted by Crippen LogP contribution is 2.24. The Morgan fingerprint density at radius 1 is 1.14 bits per heavy atom. The molecule has 3 rings (SSSR count). The van der Waals surface area contributed by atoms with Gasteiger partial charge >= 0.3 is 5.63 Å². The first kappa shape index (κ1) is 13.2. The summed E-state index contributed by atoms with van der Waals surface area (Å²) in [6.45, 7) is 1.89. The van der Waals surface area contributed by atoms with E-state index in [1.165, 1.54) is 6.07 Å². The van der Waals surface area contributed by atoms with E-state index in [2.05, 4.69) is 0 Å². The molecule has 3 N–H and O–H groups in total. The van der Waals surface area contributed by atoms with E-state index in [9.17, 15) is 9.90 Å². The van der Waals surface area contributed by atoms with Crippen LogP contribution < -0.4 is 11.4 Å². The van der Waals surface area contributed by atoms with E-state index < -0.39 is 0 Å². The van der Waals surface area contributed by atoms with Gasteiger partial charge in [-0.3, -0.25) is 0 Å². The summed E-state index contributed by atoms with van der Waals surface area (Å²) in [6, 6.07) is 12.2. The number of aryl methyl sites for hydroxylation is 1. The minimum atomic E-state index is -0.373. The van der Waals surface area contributed by atoms with Crippen LogP contribution in [0.5, 0.6) is 5.75 Å². The highest BCUT2D eigenvalue weighted by atomic mass is 16.4. The van der Waals surface area contributed by atoms with Crippen LogP contribution in [-0.4, -0.2) is 5.11 Å². The van der Waals surface area contributed by atoms with Gasteiger partial charge in [0.15, 0.2) is 0 Å². The van der Waals surface area contributed by atoms with Crippen molar-refractivity contribution in [2.75, 3.05) is 5.73 Å². The molecule has 0 aliphatic heterocycles. The van der Waals surface area contributed by atoms with Crippen molar-refractivity contribution in [1.82, 2.24) is 0 Å². The molecule has 1 aromatic heterocycles. The third-order valence-electron chi connectivity index (χ3n) is 3.63. The molecular weight excluding hydrogens is 266 g/mol. The molecule has 106 valence electrons. The molecule has 0 amide bonds. The van der Waals surface area contributed by atoms with E-state index in [1.54, 1.807) is 12.1 Å². The van der Waals surface area contributed by atoms with Crippen molar-refractivity contribution in [3.8, 4) is 5.75 Å². The van der Waals surface area contributed by atoms with E-state index in [-0.39, 0.29) is 11.4 Å². The number of fused-ring (bicyclic) bond motifs is 1. The minimum Gasteiger partial charge on any atom is -0.508 e. The van der Waals surface area contributed by atoms with E-state index in [4.69, 9.17) is 10.2 Å². The maximum absolute atomic E-state index is 12.2. The maximum Gasteiger partial charge on any atom is 0.340 e. The molecule has 2 aromatic carbocycles. The fraction of sp³-hybridized carbons (Fsp3) is 0.118. The van der Waals surface area contributed by atoms with Gasteiger partial charge in [-0.25, -0.2) is 4.79 Å². The van der Waals surface area contributed by atoms with Gasteiger partial charge in [-0.1, -0.05) is 12.1 Å². The molecule has 0 aliphatic rings. The average Bonchev–Trinajstić information content (AvgIpc) is 2.45. The van der Waals surface area contributed by atoms with Gasteiger partial charge in [0.05, 0.1) is 0 Å². The number of aromatic hydroxyl groups is 1. The van der Waals surface area contributed by atoms with E-state index in [0.29, 0.717) is 23.3 Å². The van der Waals surface area contributed by atoms with Crippen molar-refractivity contribution >= 4 is 16.7 Å². The second-order valence-electron chi connectivity index (χ2n) is 5.09. The lowest BCUT2D eigenvalue weighted by Gasteiger charge is -2.08. The molecule has 21 heavy (non-hydrogen) atoms. The van der Waals surface area contributed by atoms with Crippen LogP contribution >= 0.6 is 0 Å². The number of phenols is 1. The zero-order valence-corrected chi connectivity index (χ0v) is 11.6. The van der Waals surface area contributed by atoms with Crippen LogP contribution in [-0.2, 0) is 6.42 Å². The van der Waals surface area contributed by atoms with Crippen LogP contribution in [0.25, 0.3) is 11.0 Å². The number of hydrogen-bond acceptors (Lipinski definition) is 4. The third-order valence-corrected chi connectivity index (χ3v) is 3.63. The molecule has 0 unspecified atom stereocenters. The Morgan fingerprint density at radius 3 is 2.57 bits per heavy atom. The largest absolute Gasteiger partial charge is 0.508 e. The Balaban J connectivity index is 2.12. The van der Waals surface area contributed by atoms with Gasteiger partial charge in [-0.15, -0.1) is 0 Å². The summed E-state index contributed by atoms with van der Waals surface area (Å²) in [4.78, 5) is 12.2. The number of nitrogen functional groups attached to an aromatic ring is 1. The molecule has 0 radical (unpaired) electrons. The first-order valence-electron chi connectivity index (χ1n) is 6.64. The van der Waals surface area contributed by atoms with Gasteiger partial charge in [0, 0.05) is 29.1 Å². The number of rotatable bonds is 2. The SMILES string of the molecule is Cc1c(Cc2ccc(N)cc2)c(=O)oc2cc(O)ccc12. The van der Waals surface area contributed by atoms with Gasteiger partial charge in [-0.05, 0) is 42.3 Å². The second-order valence-corrected chi connectivity index (χ2v) is 5.09. The average molecular weight is 281 g/mol. The Kier molecular flexibility index (Phi) is 3.14. The zero-order chi connectivity index (χ0) is 15.0. The Hall–Kier alpha value is -2.75. The summed E-state index contributed by atoms with van der Waals surface area (Å²) in [5.74, 6) is 0.0799. The summed E-state index contributed by atoms with van der Waals surface area (Å²) in [5, 5.41) is 10.3. The first-order chi connectivity index (χ1) is 10.0. The van der Waals surface area contributed by atoms with Crippen LogP contribution in [0.2, 0.25) is 0 Å². The smallest absolute Gasteiger partial charge is 0.340 e. The molecule has 0 fully saturated rings. The second kappa shape index (κ2) is 4.98. The molecule has 0 bridgehead atoms. The first-order valence-corrected chi connectivity index (χ1v) is 6.64. The van der Waals surface area contributed by atoms with Gasteiger partial charge in [0.1, 0.15) is 11.3 Å². The van der Waals surface area contributed by atoms with Gasteiger partial charge in [0.25, 0.3) is 0 Å². The topological polar surface area (TPSA) is 76.5 Å². The quantitative estimate of drug-likeness (QED) is 0.559. The summed E-state index contributed by atoms with van der Waals surface area (Å²) in [5.41, 5.74) is 8.88. The number of hydrogen-bond donors (Lipinski definition) is 2. The summed E-state index contributed by atoms with van der Waals surface area (Å²) >= 11 is 0. The number of nitrogens with two attached hydrogens (primary N) is 1. The number of anilines is 1. The predicted molar refractivity (Wildman–Crippen MR) is 82.5 cm³/mol. The van der Waals surface area contributed by atoms with Crippen molar-refractivity contribution in [3.05, 3.63) is 69.6 Å². The molecule has 0 saturated carbocycles. The Morgan fingerprint density at radius 2 is 1.86 bits per heavy atom. The van der Waals surface area contributed by atoms with Crippen molar-refractivity contribution in [2.45, 2.75) is 13.3 Å². The molecule has 0 saturated heterocycles. The van der Waals surface area contributed by atoms with E-state index in [0.717, 1.165) is 16.5 Å². The van der Waals surface area contributed by atoms with Crippen molar-refractivity contribution in [1.29, 1.82) is 0 Å². The van der Waals surface area contributed by atoms with Gasteiger partial charge < -0.3 is 15.3 Å². The van der Waals surface area contributed by atoms with Crippen LogP contribution in [0.15, 0.2) is 51.7 Å². The minimum absolute atomic E-state index is 0.0799. The molecule has 4 nitrogen and oxygen atoms in total.